The molecule has 1 aliphatic carbocycles. The molecule has 268 valence electrons. The van der Waals surface area contributed by atoms with Gasteiger partial charge in [0.1, 0.15) is 24.1 Å². The summed E-state index contributed by atoms with van der Waals surface area (Å²) in [6, 6.07) is 39.6. The molecule has 0 saturated heterocycles. The van der Waals surface area contributed by atoms with Gasteiger partial charge in [0.25, 0.3) is 10.0 Å². The molecule has 1 N–H and O–H groups in total. The summed E-state index contributed by atoms with van der Waals surface area (Å²) < 4.78 is 35.8. The van der Waals surface area contributed by atoms with Crippen molar-refractivity contribution in [3.05, 3.63) is 156 Å². The van der Waals surface area contributed by atoms with E-state index >= 15 is 0 Å². The first kappa shape index (κ1) is 36.7. The third-order valence-corrected chi connectivity index (χ3v) is 11.2. The van der Waals surface area contributed by atoms with E-state index in [1.54, 1.807) is 54.6 Å². The van der Waals surface area contributed by atoms with E-state index in [9.17, 15) is 18.0 Å². The summed E-state index contributed by atoms with van der Waals surface area (Å²) in [5.41, 5.74) is 1.90. The van der Waals surface area contributed by atoms with Crippen molar-refractivity contribution >= 4 is 39.1 Å². The fourth-order valence-electron chi connectivity index (χ4n) is 6.44. The molecular weight excluding hydrogens is 694 g/mol. The molecule has 1 unspecified atom stereocenters. The number of hydrogen-bond acceptors (Lipinski definition) is 5. The second-order valence-corrected chi connectivity index (χ2v) is 15.2. The summed E-state index contributed by atoms with van der Waals surface area (Å²) in [5, 5.41) is 3.78. The van der Waals surface area contributed by atoms with Crippen LogP contribution in [0.15, 0.2) is 144 Å². The average molecular weight is 736 g/mol. The smallest absolute Gasteiger partial charge is 0.264 e. The first-order chi connectivity index (χ1) is 25.3. The van der Waals surface area contributed by atoms with E-state index < -0.39 is 28.5 Å². The van der Waals surface area contributed by atoms with Crippen molar-refractivity contribution < 1.29 is 22.7 Å². The van der Waals surface area contributed by atoms with Crippen LogP contribution in [0.5, 0.6) is 11.5 Å². The Bertz CT molecular complexity index is 2010. The Morgan fingerprint density at radius 3 is 1.92 bits per heavy atom. The minimum Gasteiger partial charge on any atom is -0.457 e. The number of hydrogen-bond donors (Lipinski definition) is 1. The minimum atomic E-state index is -4.23. The molecule has 8 nitrogen and oxygen atoms in total. The standard InChI is InChI=1S/C42H42ClN3O5S/c43-34-23-21-33(22-24-34)30-45(40(29-32-13-5-1-6-14-32)42(48)44-35-15-7-2-8-16-35)41(47)31-46(52(49,50)39-19-11-4-12-20-39)36-25-27-38(28-26-36)51-37-17-9-3-10-18-37/h1,3-6,9-14,17-28,35,40H,2,7-8,15-16,29-31H2,(H,44,48). The van der Waals surface area contributed by atoms with E-state index in [1.807, 2.05) is 72.8 Å². The molecule has 1 aliphatic rings. The zero-order valence-corrected chi connectivity index (χ0v) is 30.4. The van der Waals surface area contributed by atoms with E-state index in [-0.39, 0.29) is 35.5 Å². The van der Waals surface area contributed by atoms with E-state index in [1.165, 1.54) is 17.0 Å². The fraction of sp³-hybridized carbons (Fsp3) is 0.238. The van der Waals surface area contributed by atoms with Gasteiger partial charge in [-0.2, -0.15) is 0 Å². The molecule has 1 fully saturated rings. The highest BCUT2D eigenvalue weighted by Crippen LogP contribution is 2.29. The lowest BCUT2D eigenvalue weighted by Crippen LogP contribution is -2.55. The van der Waals surface area contributed by atoms with Gasteiger partial charge in [0.2, 0.25) is 11.8 Å². The summed E-state index contributed by atoms with van der Waals surface area (Å²) in [5.74, 6) is 0.342. The topological polar surface area (TPSA) is 96.0 Å². The zero-order chi connectivity index (χ0) is 36.3. The van der Waals surface area contributed by atoms with Gasteiger partial charge in [-0.05, 0) is 84.6 Å². The molecule has 1 atom stereocenters. The van der Waals surface area contributed by atoms with Crippen molar-refractivity contribution in [2.24, 2.45) is 0 Å². The van der Waals surface area contributed by atoms with Gasteiger partial charge < -0.3 is 15.0 Å². The van der Waals surface area contributed by atoms with Crippen molar-refractivity contribution in [1.29, 1.82) is 0 Å². The van der Waals surface area contributed by atoms with Gasteiger partial charge in [-0.3, -0.25) is 13.9 Å². The van der Waals surface area contributed by atoms with Gasteiger partial charge in [0.05, 0.1) is 10.6 Å². The molecule has 0 heterocycles. The van der Waals surface area contributed by atoms with Crippen molar-refractivity contribution in [3.63, 3.8) is 0 Å². The number of sulfonamides is 1. The maximum atomic E-state index is 14.8. The van der Waals surface area contributed by atoms with Crippen LogP contribution in [-0.2, 0) is 32.6 Å². The quantitative estimate of drug-likeness (QED) is 0.124. The highest BCUT2D eigenvalue weighted by Gasteiger charge is 2.35. The van der Waals surface area contributed by atoms with Gasteiger partial charge in [-0.15, -0.1) is 0 Å². The highest BCUT2D eigenvalue weighted by molar-refractivity contribution is 7.92. The average Bonchev–Trinajstić information content (AvgIpc) is 3.18. The lowest BCUT2D eigenvalue weighted by molar-refractivity contribution is -0.140. The number of carbonyl (C=O) groups is 2. The summed E-state index contributed by atoms with van der Waals surface area (Å²) in [7, 11) is -4.23. The van der Waals surface area contributed by atoms with Crippen LogP contribution in [0, 0.1) is 0 Å². The Labute approximate surface area is 311 Å². The molecule has 2 amide bonds. The van der Waals surface area contributed by atoms with Gasteiger partial charge in [0.15, 0.2) is 0 Å². The third kappa shape index (κ3) is 9.60. The second kappa shape index (κ2) is 17.4. The van der Waals surface area contributed by atoms with Crippen LogP contribution in [0.4, 0.5) is 5.69 Å². The van der Waals surface area contributed by atoms with E-state index in [2.05, 4.69) is 5.32 Å². The number of amides is 2. The maximum Gasteiger partial charge on any atom is 0.264 e. The number of rotatable bonds is 14. The first-order valence-corrected chi connectivity index (χ1v) is 19.4. The third-order valence-electron chi connectivity index (χ3n) is 9.20. The Balaban J connectivity index is 1.37. The van der Waals surface area contributed by atoms with Crippen molar-refractivity contribution in [2.45, 2.75) is 62.0 Å². The predicted octanol–water partition coefficient (Wildman–Crippen LogP) is 8.42. The Morgan fingerprint density at radius 2 is 1.29 bits per heavy atom. The molecule has 0 bridgehead atoms. The number of benzene rings is 5. The molecule has 0 spiro atoms. The Kier molecular flexibility index (Phi) is 12.3. The summed E-state index contributed by atoms with van der Waals surface area (Å²) in [6.07, 6.45) is 5.19. The van der Waals surface area contributed by atoms with E-state index in [0.29, 0.717) is 16.5 Å². The SMILES string of the molecule is O=C(NC1CCCCC1)C(Cc1ccccc1)N(Cc1ccc(Cl)cc1)C(=O)CN(c1ccc(Oc2ccccc2)cc1)S(=O)(=O)c1ccccc1. The number of anilines is 1. The van der Waals surface area contributed by atoms with Crippen LogP contribution in [0.1, 0.15) is 43.2 Å². The molecule has 10 heteroatoms. The largest absolute Gasteiger partial charge is 0.457 e. The summed E-state index contributed by atoms with van der Waals surface area (Å²) >= 11 is 6.21. The minimum absolute atomic E-state index is 0.0126. The number of para-hydroxylation sites is 1. The predicted molar refractivity (Wildman–Crippen MR) is 205 cm³/mol. The van der Waals surface area contributed by atoms with Crippen LogP contribution in [0.25, 0.3) is 0 Å². The van der Waals surface area contributed by atoms with Gasteiger partial charge >= 0.3 is 0 Å². The second-order valence-electron chi connectivity index (χ2n) is 12.9. The van der Waals surface area contributed by atoms with E-state index in [0.717, 1.165) is 47.5 Å². The molecule has 1 saturated carbocycles. The molecule has 52 heavy (non-hydrogen) atoms. The lowest BCUT2D eigenvalue weighted by atomic mass is 9.94. The van der Waals surface area contributed by atoms with Crippen molar-refractivity contribution in [2.75, 3.05) is 10.8 Å². The summed E-state index contributed by atoms with van der Waals surface area (Å²) in [6.45, 7) is -0.486. The highest BCUT2D eigenvalue weighted by atomic mass is 35.5. The van der Waals surface area contributed by atoms with E-state index in [4.69, 9.17) is 16.3 Å². The van der Waals surface area contributed by atoms with Crippen LogP contribution in [0.3, 0.4) is 0 Å². The van der Waals surface area contributed by atoms with Gasteiger partial charge in [-0.1, -0.05) is 110 Å². The number of halogens is 1. The fourth-order valence-corrected chi connectivity index (χ4v) is 8.00. The van der Waals surface area contributed by atoms with Crippen LogP contribution < -0.4 is 14.4 Å². The van der Waals surface area contributed by atoms with Crippen molar-refractivity contribution in [1.82, 2.24) is 10.2 Å². The number of ether oxygens (including phenoxy) is 1. The molecule has 5 aromatic rings. The van der Waals surface area contributed by atoms with Crippen LogP contribution >= 0.6 is 11.6 Å². The number of nitrogens with zero attached hydrogens (tertiary/aromatic N) is 2. The lowest BCUT2D eigenvalue weighted by Gasteiger charge is -2.35. The molecule has 6 rings (SSSR count). The van der Waals surface area contributed by atoms with Gasteiger partial charge in [-0.25, -0.2) is 8.42 Å². The van der Waals surface area contributed by atoms with Crippen LogP contribution in [-0.4, -0.2) is 43.8 Å². The van der Waals surface area contributed by atoms with Crippen LogP contribution in [0.2, 0.25) is 5.02 Å². The number of carbonyl (C=O) groups excluding carboxylic acids is 2. The monoisotopic (exact) mass is 735 g/mol. The van der Waals surface area contributed by atoms with Gasteiger partial charge in [0, 0.05) is 24.0 Å². The Morgan fingerprint density at radius 1 is 0.712 bits per heavy atom. The molecule has 5 aromatic carbocycles. The maximum absolute atomic E-state index is 14.8. The number of nitrogens with one attached hydrogen (secondary N) is 1. The molecule has 0 aromatic heterocycles. The first-order valence-electron chi connectivity index (χ1n) is 17.6. The normalized spacial score (nSPS) is 13.9. The molecule has 0 radical (unpaired) electrons. The zero-order valence-electron chi connectivity index (χ0n) is 28.8. The van der Waals surface area contributed by atoms with Crippen molar-refractivity contribution in [3.8, 4) is 11.5 Å². The Hall–Kier alpha value is -5.12. The molecule has 0 aliphatic heterocycles. The molecular formula is C42H42ClN3O5S. The summed E-state index contributed by atoms with van der Waals surface area (Å²) in [4.78, 5) is 30.6.